The van der Waals surface area contributed by atoms with Gasteiger partial charge >= 0.3 is 23.9 Å². The summed E-state index contributed by atoms with van der Waals surface area (Å²) in [4.78, 5) is 3.50. The zero-order valence-corrected chi connectivity index (χ0v) is 75.2. The van der Waals surface area contributed by atoms with Gasteiger partial charge in [-0.05, 0) is 154 Å². The Kier molecular flexibility index (Phi) is 67.9. The fourth-order valence-corrected chi connectivity index (χ4v) is 22.0. The number of benzene rings is 12. The average Bonchev–Trinajstić information content (AvgIpc) is 0.896. The molecule has 0 unspecified atom stereocenters. The van der Waals surface area contributed by atoms with E-state index in [0.29, 0.717) is 6.04 Å². The van der Waals surface area contributed by atoms with Gasteiger partial charge in [0, 0.05) is 117 Å². The minimum absolute atomic E-state index is 0. The van der Waals surface area contributed by atoms with E-state index in [-0.39, 0.29) is 127 Å². The van der Waals surface area contributed by atoms with Crippen molar-refractivity contribution in [3.63, 3.8) is 0 Å². The zero-order chi connectivity index (χ0) is 75.4. The number of nitrogens with zero attached hydrogens (tertiary/aromatic N) is 1. The fraction of sp³-hybridized carbons (Fsp3) is 0.215. The van der Waals surface area contributed by atoms with Crippen molar-refractivity contribution in [3.8, 4) is 0 Å². The summed E-state index contributed by atoms with van der Waals surface area (Å²) in [6, 6.07) is 131. The van der Waals surface area contributed by atoms with E-state index >= 15 is 0 Å². The first-order chi connectivity index (χ1) is 52.4. The van der Waals surface area contributed by atoms with Crippen LogP contribution in [0.1, 0.15) is 98.9 Å². The molecule has 13 rings (SSSR count). The minimum Gasteiger partial charge on any atom is -2.00 e. The van der Waals surface area contributed by atoms with E-state index in [9.17, 15) is 0 Å². The summed E-state index contributed by atoms with van der Waals surface area (Å²) in [5.41, 5.74) is 17.5. The second-order valence-corrected chi connectivity index (χ2v) is 34.4. The quantitative estimate of drug-likeness (QED) is 0.0204. The second kappa shape index (κ2) is 71.3. The molecule has 596 valence electrons. The van der Waals surface area contributed by atoms with E-state index in [2.05, 4.69) is 369 Å². The Morgan fingerprint density at radius 3 is 0.441 bits per heavy atom. The Morgan fingerprint density at radius 2 is 0.360 bits per heavy atom. The van der Waals surface area contributed by atoms with Crippen molar-refractivity contribution < 1.29 is 109 Å². The molecule has 7 nitrogen and oxygen atoms in total. The van der Waals surface area contributed by atoms with Gasteiger partial charge in [0.25, 0.3) is 0 Å². The Balaban J connectivity index is 0.00000133. The molecule has 0 spiro atoms. The van der Waals surface area contributed by atoms with Gasteiger partial charge in [-0.2, -0.15) is 0 Å². The maximum Gasteiger partial charge on any atom is 0.460 e. The van der Waals surface area contributed by atoms with E-state index in [1.54, 1.807) is 0 Å². The van der Waals surface area contributed by atoms with Gasteiger partial charge < -0.3 is 37.7 Å². The first-order valence-electron chi connectivity index (χ1n) is 35.8. The Morgan fingerprint density at radius 1 is 0.261 bits per heavy atom. The van der Waals surface area contributed by atoms with Crippen molar-refractivity contribution in [1.82, 2.24) is 0 Å². The molecule has 0 aliphatic heterocycles. The van der Waals surface area contributed by atoms with Crippen LogP contribution in [0.2, 0.25) is 0 Å². The van der Waals surface area contributed by atoms with E-state index in [1.807, 2.05) is 0 Å². The molecular weight excluding hydrogens is 1870 g/mol. The number of hydrogen-bond acceptors (Lipinski definition) is 6. The zero-order valence-electron chi connectivity index (χ0n) is 63.0. The van der Waals surface area contributed by atoms with Crippen molar-refractivity contribution in [2.75, 3.05) is 14.2 Å². The van der Waals surface area contributed by atoms with E-state index < -0.39 is 23.9 Å². The summed E-state index contributed by atoms with van der Waals surface area (Å²) in [5, 5.41) is 14.0. The normalized spacial score (nSPS) is 10.5. The topological polar surface area (TPSA) is 125 Å². The van der Waals surface area contributed by atoms with Crippen LogP contribution in [0.3, 0.4) is 0 Å². The first-order valence-corrected chi connectivity index (χ1v) is 44.7. The molecule has 0 atom stereocenters. The van der Waals surface area contributed by atoms with Gasteiger partial charge in [-0.25, -0.2) is 6.57 Å². The van der Waals surface area contributed by atoms with E-state index in [1.165, 1.54) is 160 Å². The van der Waals surface area contributed by atoms with Gasteiger partial charge in [-0.1, -0.05) is 402 Å². The Bertz CT molecular complexity index is 3190. The molecule has 2 N–H and O–H groups in total. The molecule has 12 aromatic rings. The molecule has 0 saturated heterocycles. The van der Waals surface area contributed by atoms with Crippen LogP contribution in [0.25, 0.3) is 4.85 Å². The minimum atomic E-state index is -0.750. The maximum absolute atomic E-state index is 8.29. The summed E-state index contributed by atoms with van der Waals surface area (Å²) in [5.74, 6) is 0. The average molecular weight is 1980 g/mol. The van der Waals surface area contributed by atoms with Crippen molar-refractivity contribution in [2.45, 2.75) is 112 Å². The molecule has 0 amide bonds. The van der Waals surface area contributed by atoms with Crippen LogP contribution in [-0.4, -0.2) is 39.6 Å². The molecule has 0 radical (unpaired) electrons. The fourth-order valence-electron chi connectivity index (χ4n) is 12.0. The maximum atomic E-state index is 8.29. The van der Waals surface area contributed by atoms with Gasteiger partial charge in [-0.15, -0.1) is 0 Å². The third kappa shape index (κ3) is 50.0. The molecule has 111 heavy (non-hydrogen) atoms. The van der Waals surface area contributed by atoms with Crippen LogP contribution in [0.5, 0.6) is 0 Å². The number of aliphatic hydroxyl groups excluding tert-OH is 2. The summed E-state index contributed by atoms with van der Waals surface area (Å²) in [6.07, 6.45) is 20.6. The van der Waals surface area contributed by atoms with Crippen LogP contribution in [0.15, 0.2) is 364 Å². The predicted molar refractivity (Wildman–Crippen MR) is 464 cm³/mol. The number of hydrogen-bond donors (Lipinski definition) is 2. The molecular formula is C93H103NO6P4Pd4S3-2. The molecule has 1 aliphatic carbocycles. The van der Waals surface area contributed by atoms with Crippen molar-refractivity contribution in [1.29, 1.82) is 0 Å². The predicted octanol–water partition coefficient (Wildman–Crippen LogP) is 24.8. The van der Waals surface area contributed by atoms with Gasteiger partial charge in [0.1, 0.15) is 0 Å². The Labute approximate surface area is 739 Å². The van der Waals surface area contributed by atoms with Gasteiger partial charge in [0.2, 0.25) is 6.04 Å². The summed E-state index contributed by atoms with van der Waals surface area (Å²) >= 11 is -1.50. The van der Waals surface area contributed by atoms with E-state index in [0.717, 1.165) is 27.1 Å². The third-order valence-electron chi connectivity index (χ3n) is 16.7. The van der Waals surface area contributed by atoms with E-state index in [4.69, 9.17) is 34.3 Å². The monoisotopic (exact) mass is 1970 g/mol. The first kappa shape index (κ1) is 106. The van der Waals surface area contributed by atoms with Crippen LogP contribution in [0.4, 0.5) is 0 Å². The van der Waals surface area contributed by atoms with Gasteiger partial charge in [0.15, 0.2) is 0 Å². The Hall–Kier alpha value is -5.27. The van der Waals surface area contributed by atoms with Gasteiger partial charge in [0.05, 0.1) is 0 Å². The summed E-state index contributed by atoms with van der Waals surface area (Å²) < 4.78 is 33.2. The third-order valence-corrected chi connectivity index (χ3v) is 26.5. The standard InChI is InChI=1S/4C21H21P.C7H11N.2CH4O.2O2S.4Pd.S/c4*1-4-10-19(11-5-1)16-22(17-20-12-6-2-7-13-20)18-21-14-8-3-9-15-21;1-8-7-5-3-2-4-6-7;2*1-2;2*1-3-2;;;;;/h4*1-15H,16-18H2;7H,2-6H2;2*2H,1H3;;;;;;;/q;;;;;;;;;;;;;-2. The van der Waals surface area contributed by atoms with Gasteiger partial charge in [-0.3, -0.25) is 0 Å². The molecule has 1 fully saturated rings. The summed E-state index contributed by atoms with van der Waals surface area (Å²) in [7, 11) is 1.64. The summed E-state index contributed by atoms with van der Waals surface area (Å²) in [6.45, 7) is 6.72. The van der Waals surface area contributed by atoms with Crippen LogP contribution in [0, 0.1) is 6.57 Å². The van der Waals surface area contributed by atoms with Crippen LogP contribution >= 0.6 is 31.7 Å². The largest absolute Gasteiger partial charge is 2.00 e. The SMILES string of the molecule is CO.CO.O=[S+][O-].O=[S+][O-].[C-]#[N+]C1CCCCC1.[Pd].[Pd].[Pd].[Pd].[S-2].c1ccc(CP(Cc2ccccc2)Cc2ccccc2)cc1.c1ccc(CP(Cc2ccccc2)Cc2ccccc2)cc1.c1ccc(CP(Cc2ccccc2)Cc2ccccc2)cc1.c1ccc(CP(Cc2ccccc2)Cc2ccccc2)cc1. The molecule has 1 saturated carbocycles. The molecule has 18 heteroatoms. The smallest absolute Gasteiger partial charge is 0.460 e. The molecule has 0 heterocycles. The number of rotatable bonds is 24. The van der Waals surface area contributed by atoms with Crippen LogP contribution in [-0.2, 0) is 201 Å². The second-order valence-electron chi connectivity index (χ2n) is 25.0. The molecule has 0 bridgehead atoms. The van der Waals surface area contributed by atoms with Crippen molar-refractivity contribution in [3.05, 3.63) is 442 Å². The molecule has 12 aromatic carbocycles. The number of aliphatic hydroxyl groups is 2. The molecule has 0 aromatic heterocycles. The van der Waals surface area contributed by atoms with Crippen LogP contribution < -0.4 is 0 Å². The van der Waals surface area contributed by atoms with Crippen molar-refractivity contribution >= 4 is 69.1 Å². The molecule has 1 aliphatic rings. The van der Waals surface area contributed by atoms with Crippen molar-refractivity contribution in [2.24, 2.45) is 0 Å².